The Morgan fingerprint density at radius 3 is 2.24 bits per heavy atom. The second kappa shape index (κ2) is 10.6. The van der Waals surface area contributed by atoms with Crippen LogP contribution in [0.15, 0.2) is 35.1 Å². The highest BCUT2D eigenvalue weighted by Crippen LogP contribution is 2.42. The molecule has 6 nitrogen and oxygen atoms in total. The molecule has 0 unspecified atom stereocenters. The van der Waals surface area contributed by atoms with Gasteiger partial charge in [-0.05, 0) is 74.7 Å². The number of carbonyl (C=O) groups excluding carboxylic acids is 1. The number of piperidine rings is 2. The van der Waals surface area contributed by atoms with Gasteiger partial charge in [-0.2, -0.15) is 0 Å². The third-order valence-electron chi connectivity index (χ3n) is 7.19. The number of amides is 1. The van der Waals surface area contributed by atoms with Gasteiger partial charge in [0.25, 0.3) is 5.91 Å². The normalized spacial score (nSPS) is 19.9. The predicted octanol–water partition coefficient (Wildman–Crippen LogP) is 4.60. The molecule has 0 aliphatic carbocycles. The summed E-state index contributed by atoms with van der Waals surface area (Å²) >= 11 is 6.54. The van der Waals surface area contributed by atoms with Gasteiger partial charge < -0.3 is 14.7 Å². The van der Waals surface area contributed by atoms with Crippen molar-refractivity contribution in [1.82, 2.24) is 19.7 Å². The summed E-state index contributed by atoms with van der Waals surface area (Å²) in [4.78, 5) is 24.0. The molecule has 0 bridgehead atoms. The van der Waals surface area contributed by atoms with Gasteiger partial charge in [0.1, 0.15) is 10.7 Å². The summed E-state index contributed by atoms with van der Waals surface area (Å²) in [5.74, 6) is -0.165. The van der Waals surface area contributed by atoms with Crippen molar-refractivity contribution in [3.05, 3.63) is 40.8 Å². The van der Waals surface area contributed by atoms with Crippen LogP contribution in [0.1, 0.15) is 58.6 Å². The maximum Gasteiger partial charge on any atom is 0.259 e. The molecule has 3 rings (SSSR count). The van der Waals surface area contributed by atoms with E-state index in [0.29, 0.717) is 16.5 Å². The summed E-state index contributed by atoms with van der Waals surface area (Å²) in [6, 6.07) is 5.36. The molecule has 2 saturated heterocycles. The second-order valence-corrected chi connectivity index (χ2v) is 11.5. The number of aromatic nitrogens is 1. The molecule has 1 aromatic rings. The molecule has 0 radical (unpaired) electrons. The second-order valence-electron chi connectivity index (χ2n) is 11.1. The van der Waals surface area contributed by atoms with E-state index in [1.54, 1.807) is 37.3 Å². The van der Waals surface area contributed by atoms with Crippen LogP contribution in [0.3, 0.4) is 0 Å². The molecule has 33 heavy (non-hydrogen) atoms. The van der Waals surface area contributed by atoms with Crippen LogP contribution in [0.5, 0.6) is 0 Å². The van der Waals surface area contributed by atoms with E-state index in [4.69, 9.17) is 17.0 Å². The average Bonchev–Trinajstić information content (AvgIpc) is 2.79. The number of carbonyl (C=O) groups is 1. The predicted molar refractivity (Wildman–Crippen MR) is 136 cm³/mol. The summed E-state index contributed by atoms with van der Waals surface area (Å²) < 4.78 is 0. The van der Waals surface area contributed by atoms with Crippen LogP contribution < -0.4 is 0 Å². The van der Waals surface area contributed by atoms with Crippen molar-refractivity contribution >= 4 is 23.2 Å². The van der Waals surface area contributed by atoms with Crippen LogP contribution >= 0.6 is 11.6 Å². The summed E-state index contributed by atoms with van der Waals surface area (Å²) in [5, 5.41) is 8.95. The van der Waals surface area contributed by atoms with Gasteiger partial charge in [-0.3, -0.25) is 15.2 Å². The minimum absolute atomic E-state index is 0.0757. The summed E-state index contributed by atoms with van der Waals surface area (Å²) in [6.07, 6.45) is 7.33. The molecule has 1 N–H and O–H groups in total. The topological polar surface area (TPSA) is 63.5 Å². The highest BCUT2D eigenvalue weighted by Gasteiger charge is 2.39. The Balaban J connectivity index is 1.64. The van der Waals surface area contributed by atoms with Crippen molar-refractivity contribution in [2.45, 2.75) is 52.9 Å². The lowest BCUT2D eigenvalue weighted by Crippen LogP contribution is -2.49. The zero-order valence-corrected chi connectivity index (χ0v) is 21.7. The Kier molecular flexibility index (Phi) is 8.22. The highest BCUT2D eigenvalue weighted by atomic mass is 35.5. The number of pyridine rings is 1. The van der Waals surface area contributed by atoms with Crippen molar-refractivity contribution in [3.8, 4) is 0 Å². The van der Waals surface area contributed by atoms with Gasteiger partial charge in [0, 0.05) is 33.4 Å². The Hall–Kier alpha value is -1.92. The molecule has 0 aromatic carbocycles. The lowest BCUT2D eigenvalue weighted by molar-refractivity contribution is -0.129. The van der Waals surface area contributed by atoms with E-state index in [1.165, 1.54) is 25.8 Å². The van der Waals surface area contributed by atoms with Crippen molar-refractivity contribution in [1.29, 1.82) is 5.41 Å². The fourth-order valence-corrected chi connectivity index (χ4v) is 4.92. The van der Waals surface area contributed by atoms with E-state index in [9.17, 15) is 4.79 Å². The van der Waals surface area contributed by atoms with Gasteiger partial charge >= 0.3 is 0 Å². The average molecular weight is 474 g/mol. The maximum absolute atomic E-state index is 13.5. The smallest absolute Gasteiger partial charge is 0.259 e. The monoisotopic (exact) mass is 473 g/mol. The van der Waals surface area contributed by atoms with Gasteiger partial charge in [-0.25, -0.2) is 0 Å². The minimum atomic E-state index is -0.165. The number of nitrogens with one attached hydrogen (secondary N) is 1. The summed E-state index contributed by atoms with van der Waals surface area (Å²) in [6.45, 7) is 11.9. The van der Waals surface area contributed by atoms with Crippen LogP contribution in [0.2, 0.25) is 0 Å². The van der Waals surface area contributed by atoms with Crippen LogP contribution in [0, 0.1) is 16.2 Å². The van der Waals surface area contributed by atoms with Gasteiger partial charge in [-0.15, -0.1) is 0 Å². The Morgan fingerprint density at radius 2 is 1.73 bits per heavy atom. The first-order valence-corrected chi connectivity index (χ1v) is 12.5. The lowest BCUT2D eigenvalue weighted by Gasteiger charge is -2.47. The number of halogens is 1. The molecule has 0 saturated carbocycles. The Morgan fingerprint density at radius 1 is 1.12 bits per heavy atom. The summed E-state index contributed by atoms with van der Waals surface area (Å²) in [7, 11) is 3.58. The SMILES string of the molecule is CN(C)/C(Cl)=C(\C(=N)c1ccccn1)C(=O)N1CCC2(CCN(CCC(C)(C)C)CC2)CC1. The van der Waals surface area contributed by atoms with Crippen LogP contribution in [-0.4, -0.2) is 78.1 Å². The largest absolute Gasteiger partial charge is 0.368 e. The molecule has 7 heteroatoms. The van der Waals surface area contributed by atoms with E-state index < -0.39 is 0 Å². The molecule has 0 atom stereocenters. The van der Waals surface area contributed by atoms with Gasteiger partial charge in [0.2, 0.25) is 0 Å². The first-order chi connectivity index (χ1) is 15.5. The third kappa shape index (κ3) is 6.57. The molecule has 2 aliphatic rings. The van der Waals surface area contributed by atoms with Gasteiger partial charge in [0.15, 0.2) is 0 Å². The Labute approximate surface area is 204 Å². The molecular formula is C26H40ClN5O. The molecule has 2 fully saturated rings. The van der Waals surface area contributed by atoms with E-state index in [2.05, 4.69) is 30.7 Å². The molecule has 1 amide bonds. The minimum Gasteiger partial charge on any atom is -0.368 e. The molecule has 1 aromatic heterocycles. The highest BCUT2D eigenvalue weighted by molar-refractivity contribution is 6.38. The Bertz CT molecular complexity index is 856. The number of hydrogen-bond acceptors (Lipinski definition) is 5. The first-order valence-electron chi connectivity index (χ1n) is 12.1. The molecule has 182 valence electrons. The van der Waals surface area contributed by atoms with Crippen molar-refractivity contribution in [2.75, 3.05) is 46.8 Å². The fraction of sp³-hybridized carbons (Fsp3) is 0.654. The lowest BCUT2D eigenvalue weighted by atomic mass is 9.71. The zero-order chi connectivity index (χ0) is 24.2. The van der Waals surface area contributed by atoms with Crippen molar-refractivity contribution < 1.29 is 4.79 Å². The summed E-state index contributed by atoms with van der Waals surface area (Å²) in [5.41, 5.74) is 1.48. The van der Waals surface area contributed by atoms with Crippen molar-refractivity contribution in [3.63, 3.8) is 0 Å². The first kappa shape index (κ1) is 25.7. The van der Waals surface area contributed by atoms with E-state index in [1.807, 2.05) is 11.0 Å². The zero-order valence-electron chi connectivity index (χ0n) is 21.0. The third-order valence-corrected chi connectivity index (χ3v) is 7.72. The number of hydrogen-bond donors (Lipinski definition) is 1. The maximum atomic E-state index is 13.5. The number of likely N-dealkylation sites (tertiary alicyclic amines) is 2. The van der Waals surface area contributed by atoms with E-state index >= 15 is 0 Å². The van der Waals surface area contributed by atoms with Gasteiger partial charge in [0.05, 0.1) is 11.4 Å². The van der Waals surface area contributed by atoms with Crippen molar-refractivity contribution in [2.24, 2.45) is 10.8 Å². The molecular weight excluding hydrogens is 434 g/mol. The number of rotatable bonds is 6. The van der Waals surface area contributed by atoms with E-state index in [-0.39, 0.29) is 22.3 Å². The van der Waals surface area contributed by atoms with Gasteiger partial charge in [-0.1, -0.05) is 38.4 Å². The molecule has 3 heterocycles. The quantitative estimate of drug-likeness (QED) is 0.372. The van der Waals surface area contributed by atoms with Crippen LogP contribution in [-0.2, 0) is 4.79 Å². The van der Waals surface area contributed by atoms with E-state index in [0.717, 1.165) is 39.0 Å². The fourth-order valence-electron chi connectivity index (χ4n) is 4.75. The number of nitrogens with zero attached hydrogens (tertiary/aromatic N) is 4. The van der Waals surface area contributed by atoms with Crippen LogP contribution in [0.4, 0.5) is 0 Å². The molecule has 1 spiro atoms. The molecule has 2 aliphatic heterocycles. The standard InChI is InChI=1S/C26H40ClN5O/c1-25(2,3)9-15-31-16-10-26(11-17-31)12-18-32(19-13-26)24(33)21(23(27)30(4)5)22(28)20-8-6-7-14-29-20/h6-8,14,28H,9-13,15-19H2,1-5H3/b23-21+,28-22?. The van der Waals surface area contributed by atoms with Crippen LogP contribution in [0.25, 0.3) is 0 Å².